The van der Waals surface area contributed by atoms with E-state index in [1.807, 2.05) is 12.1 Å². The third-order valence-electron chi connectivity index (χ3n) is 4.04. The molecule has 0 atom stereocenters. The third kappa shape index (κ3) is 3.39. The lowest BCUT2D eigenvalue weighted by atomic mass is 10.0. The van der Waals surface area contributed by atoms with Gasteiger partial charge in [0, 0.05) is 17.9 Å². The molecule has 2 aromatic rings. The molecule has 3 N–H and O–H groups in total. The summed E-state index contributed by atoms with van der Waals surface area (Å²) in [6.45, 7) is 1.20. The highest BCUT2D eigenvalue weighted by molar-refractivity contribution is 5.96. The number of nitrogens with one attached hydrogen (secondary N) is 1. The number of methoxy groups -OCH3 is 1. The number of carbonyl (C=O) groups excluding carboxylic acids is 1. The minimum atomic E-state index is -0.0781. The van der Waals surface area contributed by atoms with Crippen LogP contribution in [0.2, 0.25) is 0 Å². The molecular formula is C18H21N3O2. The Balaban J connectivity index is 1.73. The molecule has 1 heterocycles. The third-order valence-corrected chi connectivity index (χ3v) is 4.04. The number of hydrogen-bond donors (Lipinski definition) is 2. The molecule has 0 aliphatic carbocycles. The van der Waals surface area contributed by atoms with Crippen LogP contribution in [0.15, 0.2) is 42.5 Å². The number of nitrogen functional groups attached to an aromatic ring is 1. The quantitative estimate of drug-likeness (QED) is 0.852. The largest absolute Gasteiger partial charge is 0.495 e. The summed E-state index contributed by atoms with van der Waals surface area (Å²) in [7, 11) is 1.57. The number of anilines is 3. The Bertz CT molecular complexity index is 715. The van der Waals surface area contributed by atoms with Crippen molar-refractivity contribution in [2.45, 2.75) is 12.8 Å². The number of fused-ring (bicyclic) bond motifs is 1. The molecule has 0 fully saturated rings. The van der Waals surface area contributed by atoms with Crippen molar-refractivity contribution in [3.05, 3.63) is 48.0 Å². The van der Waals surface area contributed by atoms with E-state index < -0.39 is 0 Å². The van der Waals surface area contributed by atoms with Gasteiger partial charge in [-0.25, -0.2) is 0 Å². The molecule has 120 valence electrons. The topological polar surface area (TPSA) is 67.6 Å². The standard InChI is InChI=1S/C18H21N3O2/c1-23-17-9-8-14(19)11-15(17)20-18(22)12-21-10-4-6-13-5-2-3-7-16(13)21/h2-3,5,7-9,11H,4,6,10,12,19H2,1H3,(H,20,22). The van der Waals surface area contributed by atoms with E-state index in [0.29, 0.717) is 23.7 Å². The summed E-state index contributed by atoms with van der Waals surface area (Å²) < 4.78 is 5.26. The van der Waals surface area contributed by atoms with Crippen LogP contribution in [0.4, 0.5) is 17.1 Å². The smallest absolute Gasteiger partial charge is 0.243 e. The molecule has 5 nitrogen and oxygen atoms in total. The van der Waals surface area contributed by atoms with Crippen molar-refractivity contribution < 1.29 is 9.53 Å². The lowest BCUT2D eigenvalue weighted by molar-refractivity contribution is -0.115. The predicted molar refractivity (Wildman–Crippen MR) is 93.0 cm³/mol. The minimum Gasteiger partial charge on any atom is -0.495 e. The molecule has 1 aliphatic rings. The molecule has 0 aromatic heterocycles. The van der Waals surface area contributed by atoms with E-state index in [1.165, 1.54) is 5.56 Å². The van der Waals surface area contributed by atoms with Gasteiger partial charge in [-0.05, 0) is 42.7 Å². The number of benzene rings is 2. The van der Waals surface area contributed by atoms with Gasteiger partial charge >= 0.3 is 0 Å². The molecule has 1 amide bonds. The SMILES string of the molecule is COc1ccc(N)cc1NC(=O)CN1CCCc2ccccc21. The maximum Gasteiger partial charge on any atom is 0.243 e. The molecule has 0 unspecified atom stereocenters. The van der Waals surface area contributed by atoms with Gasteiger partial charge in [0.05, 0.1) is 19.3 Å². The van der Waals surface area contributed by atoms with E-state index in [4.69, 9.17) is 10.5 Å². The van der Waals surface area contributed by atoms with Crippen LogP contribution < -0.4 is 20.7 Å². The van der Waals surface area contributed by atoms with Crippen LogP contribution in [0.5, 0.6) is 5.75 Å². The van der Waals surface area contributed by atoms with E-state index in [1.54, 1.807) is 25.3 Å². The average Bonchev–Trinajstić information content (AvgIpc) is 2.55. The molecule has 0 saturated carbocycles. The van der Waals surface area contributed by atoms with Gasteiger partial charge in [-0.3, -0.25) is 4.79 Å². The van der Waals surface area contributed by atoms with E-state index in [2.05, 4.69) is 22.3 Å². The number of amides is 1. The first kappa shape index (κ1) is 15.2. The average molecular weight is 311 g/mol. The number of nitrogens with two attached hydrogens (primary N) is 1. The Labute approximate surface area is 136 Å². The second-order valence-electron chi connectivity index (χ2n) is 5.66. The Morgan fingerprint density at radius 1 is 1.30 bits per heavy atom. The van der Waals surface area contributed by atoms with Gasteiger partial charge in [-0.15, -0.1) is 0 Å². The molecule has 0 bridgehead atoms. The van der Waals surface area contributed by atoms with E-state index >= 15 is 0 Å². The highest BCUT2D eigenvalue weighted by Crippen LogP contribution is 2.28. The fraction of sp³-hybridized carbons (Fsp3) is 0.278. The van der Waals surface area contributed by atoms with Crippen LogP contribution in [0, 0.1) is 0 Å². The van der Waals surface area contributed by atoms with Crippen molar-refractivity contribution in [1.29, 1.82) is 0 Å². The number of para-hydroxylation sites is 1. The zero-order chi connectivity index (χ0) is 16.2. The van der Waals surface area contributed by atoms with Crippen molar-refractivity contribution in [3.63, 3.8) is 0 Å². The lowest BCUT2D eigenvalue weighted by Crippen LogP contribution is -2.36. The van der Waals surface area contributed by atoms with Gasteiger partial charge in [0.1, 0.15) is 5.75 Å². The van der Waals surface area contributed by atoms with Gasteiger partial charge in [-0.1, -0.05) is 18.2 Å². The second kappa shape index (κ2) is 6.60. The van der Waals surface area contributed by atoms with Crippen LogP contribution in [0.25, 0.3) is 0 Å². The summed E-state index contributed by atoms with van der Waals surface area (Å²) in [6, 6.07) is 13.5. The minimum absolute atomic E-state index is 0.0781. The van der Waals surface area contributed by atoms with Gasteiger partial charge in [-0.2, -0.15) is 0 Å². The fourth-order valence-corrected chi connectivity index (χ4v) is 2.96. The van der Waals surface area contributed by atoms with Crippen LogP contribution in [-0.4, -0.2) is 26.1 Å². The zero-order valence-corrected chi connectivity index (χ0v) is 13.2. The molecule has 0 saturated heterocycles. The van der Waals surface area contributed by atoms with Crippen molar-refractivity contribution in [2.24, 2.45) is 0 Å². The van der Waals surface area contributed by atoms with Crippen molar-refractivity contribution in [2.75, 3.05) is 36.1 Å². The highest BCUT2D eigenvalue weighted by Gasteiger charge is 2.19. The first-order chi connectivity index (χ1) is 11.2. The van der Waals surface area contributed by atoms with Crippen molar-refractivity contribution >= 4 is 23.0 Å². The Kier molecular flexibility index (Phi) is 4.37. The normalized spacial score (nSPS) is 13.3. The second-order valence-corrected chi connectivity index (χ2v) is 5.66. The summed E-state index contributed by atoms with van der Waals surface area (Å²) in [6.07, 6.45) is 2.13. The molecule has 1 aliphatic heterocycles. The maximum absolute atomic E-state index is 12.4. The van der Waals surface area contributed by atoms with E-state index in [-0.39, 0.29) is 5.91 Å². The molecule has 5 heteroatoms. The number of aryl methyl sites for hydroxylation is 1. The van der Waals surface area contributed by atoms with E-state index in [9.17, 15) is 4.79 Å². The summed E-state index contributed by atoms with van der Waals surface area (Å²) in [5.74, 6) is 0.525. The van der Waals surface area contributed by atoms with Gasteiger partial charge in [0.15, 0.2) is 0 Å². The summed E-state index contributed by atoms with van der Waals surface area (Å²) >= 11 is 0. The van der Waals surface area contributed by atoms with Crippen LogP contribution in [0.1, 0.15) is 12.0 Å². The Hall–Kier alpha value is -2.69. The molecule has 3 rings (SSSR count). The number of ether oxygens (including phenoxy) is 1. The van der Waals surface area contributed by atoms with Crippen molar-refractivity contribution in [1.82, 2.24) is 0 Å². The number of carbonyl (C=O) groups is 1. The van der Waals surface area contributed by atoms with Crippen LogP contribution >= 0.6 is 0 Å². The number of hydrogen-bond acceptors (Lipinski definition) is 4. The van der Waals surface area contributed by atoms with Gasteiger partial charge in [0.25, 0.3) is 0 Å². The Morgan fingerprint density at radius 3 is 2.96 bits per heavy atom. The van der Waals surface area contributed by atoms with E-state index in [0.717, 1.165) is 25.1 Å². The maximum atomic E-state index is 12.4. The van der Waals surface area contributed by atoms with Gasteiger partial charge in [0.2, 0.25) is 5.91 Å². The summed E-state index contributed by atoms with van der Waals surface area (Å²) in [5.41, 5.74) is 9.42. The molecular weight excluding hydrogens is 290 g/mol. The molecule has 2 aromatic carbocycles. The first-order valence-electron chi connectivity index (χ1n) is 7.73. The molecule has 0 spiro atoms. The van der Waals surface area contributed by atoms with Crippen molar-refractivity contribution in [3.8, 4) is 5.75 Å². The Morgan fingerprint density at radius 2 is 2.13 bits per heavy atom. The highest BCUT2D eigenvalue weighted by atomic mass is 16.5. The fourth-order valence-electron chi connectivity index (χ4n) is 2.96. The summed E-state index contributed by atoms with van der Waals surface area (Å²) in [5, 5.41) is 2.89. The van der Waals surface area contributed by atoms with Crippen LogP contribution in [0.3, 0.4) is 0 Å². The summed E-state index contributed by atoms with van der Waals surface area (Å²) in [4.78, 5) is 14.5. The molecule has 23 heavy (non-hydrogen) atoms. The van der Waals surface area contributed by atoms with Crippen LogP contribution in [-0.2, 0) is 11.2 Å². The molecule has 0 radical (unpaired) electrons. The lowest BCUT2D eigenvalue weighted by Gasteiger charge is -2.30. The predicted octanol–water partition coefficient (Wildman–Crippen LogP) is 2.67. The monoisotopic (exact) mass is 311 g/mol. The zero-order valence-electron chi connectivity index (χ0n) is 13.2. The van der Waals surface area contributed by atoms with Gasteiger partial charge < -0.3 is 20.7 Å². The number of rotatable bonds is 4. The first-order valence-corrected chi connectivity index (χ1v) is 7.73. The number of nitrogens with zero attached hydrogens (tertiary/aromatic N) is 1.